The van der Waals surface area contributed by atoms with E-state index in [0.29, 0.717) is 0 Å². The van der Waals surface area contributed by atoms with Crippen LogP contribution in [0.15, 0.2) is 0 Å². The Morgan fingerprint density at radius 3 is 2.31 bits per heavy atom. The standard InChI is InChI=1S/C14H30N2/c1-3-5-6-7-13-16(12-4-2)14-8-10-15-11-9-14/h14-15H,3-13H2,1-2H3. The summed E-state index contributed by atoms with van der Waals surface area (Å²) >= 11 is 0. The number of nitrogens with zero attached hydrogens (tertiary/aromatic N) is 1. The van der Waals surface area contributed by atoms with Gasteiger partial charge >= 0.3 is 0 Å². The minimum atomic E-state index is 0.864. The van der Waals surface area contributed by atoms with Crippen LogP contribution in [0.2, 0.25) is 0 Å². The van der Waals surface area contributed by atoms with Crippen molar-refractivity contribution in [1.29, 1.82) is 0 Å². The van der Waals surface area contributed by atoms with Gasteiger partial charge in [0.2, 0.25) is 0 Å². The highest BCUT2D eigenvalue weighted by atomic mass is 15.2. The van der Waals surface area contributed by atoms with Crippen LogP contribution in [0.4, 0.5) is 0 Å². The number of hydrogen-bond acceptors (Lipinski definition) is 2. The molecule has 1 aliphatic heterocycles. The first-order valence-corrected chi connectivity index (χ1v) is 7.33. The monoisotopic (exact) mass is 226 g/mol. The van der Waals surface area contributed by atoms with Crippen molar-refractivity contribution in [3.8, 4) is 0 Å². The quantitative estimate of drug-likeness (QED) is 0.640. The molecule has 0 unspecified atom stereocenters. The number of unbranched alkanes of at least 4 members (excludes halogenated alkanes) is 3. The first-order valence-electron chi connectivity index (χ1n) is 7.33. The number of nitrogens with one attached hydrogen (secondary N) is 1. The molecule has 1 rings (SSSR count). The summed E-state index contributed by atoms with van der Waals surface area (Å²) in [6, 6.07) is 0.864. The molecule has 1 aliphatic rings. The molecule has 0 aromatic heterocycles. The molecule has 1 heterocycles. The first kappa shape index (κ1) is 14.0. The number of hydrogen-bond donors (Lipinski definition) is 1. The topological polar surface area (TPSA) is 15.3 Å². The van der Waals surface area contributed by atoms with Gasteiger partial charge in [0.1, 0.15) is 0 Å². The van der Waals surface area contributed by atoms with Gasteiger partial charge in [-0.25, -0.2) is 0 Å². The van der Waals surface area contributed by atoms with Crippen LogP contribution in [0, 0.1) is 0 Å². The van der Waals surface area contributed by atoms with Gasteiger partial charge in [-0.05, 0) is 51.9 Å². The van der Waals surface area contributed by atoms with Crippen molar-refractivity contribution in [2.75, 3.05) is 26.2 Å². The molecule has 0 spiro atoms. The lowest BCUT2D eigenvalue weighted by Crippen LogP contribution is -2.43. The van der Waals surface area contributed by atoms with E-state index >= 15 is 0 Å². The van der Waals surface area contributed by atoms with Crippen molar-refractivity contribution in [2.24, 2.45) is 0 Å². The highest BCUT2D eigenvalue weighted by Gasteiger charge is 2.19. The molecule has 2 heteroatoms. The van der Waals surface area contributed by atoms with Crippen LogP contribution in [-0.4, -0.2) is 37.1 Å². The summed E-state index contributed by atoms with van der Waals surface area (Å²) in [4.78, 5) is 2.75. The zero-order valence-electron chi connectivity index (χ0n) is 11.3. The van der Waals surface area contributed by atoms with Gasteiger partial charge in [0.15, 0.2) is 0 Å². The summed E-state index contributed by atoms with van der Waals surface area (Å²) in [5.74, 6) is 0. The lowest BCUT2D eigenvalue weighted by Gasteiger charge is -2.34. The predicted octanol–water partition coefficient (Wildman–Crippen LogP) is 3.03. The molecular weight excluding hydrogens is 196 g/mol. The molecule has 0 atom stereocenters. The molecule has 0 aromatic carbocycles. The molecule has 96 valence electrons. The summed E-state index contributed by atoms with van der Waals surface area (Å²) in [6.07, 6.45) is 9.59. The minimum Gasteiger partial charge on any atom is -0.317 e. The van der Waals surface area contributed by atoms with Crippen LogP contribution >= 0.6 is 0 Å². The molecule has 0 amide bonds. The Morgan fingerprint density at radius 2 is 1.69 bits per heavy atom. The smallest absolute Gasteiger partial charge is 0.0119 e. The van der Waals surface area contributed by atoms with Gasteiger partial charge in [-0.1, -0.05) is 33.1 Å². The zero-order chi connectivity index (χ0) is 11.6. The van der Waals surface area contributed by atoms with E-state index < -0.39 is 0 Å². The van der Waals surface area contributed by atoms with Crippen LogP contribution < -0.4 is 5.32 Å². The fraction of sp³-hybridized carbons (Fsp3) is 1.00. The SMILES string of the molecule is CCCCCCN(CCC)C1CCNCC1. The van der Waals surface area contributed by atoms with Crippen LogP contribution in [-0.2, 0) is 0 Å². The molecule has 2 nitrogen and oxygen atoms in total. The van der Waals surface area contributed by atoms with E-state index in [0.717, 1.165) is 6.04 Å². The van der Waals surface area contributed by atoms with E-state index in [1.165, 1.54) is 71.1 Å². The van der Waals surface area contributed by atoms with Crippen molar-refractivity contribution >= 4 is 0 Å². The van der Waals surface area contributed by atoms with Gasteiger partial charge in [0.25, 0.3) is 0 Å². The predicted molar refractivity (Wildman–Crippen MR) is 71.9 cm³/mol. The molecule has 1 N–H and O–H groups in total. The highest BCUT2D eigenvalue weighted by Crippen LogP contribution is 2.13. The van der Waals surface area contributed by atoms with E-state index in [2.05, 4.69) is 24.1 Å². The van der Waals surface area contributed by atoms with Gasteiger partial charge in [-0.15, -0.1) is 0 Å². The third-order valence-electron chi connectivity index (χ3n) is 3.63. The van der Waals surface area contributed by atoms with Gasteiger partial charge in [-0.2, -0.15) is 0 Å². The van der Waals surface area contributed by atoms with Crippen molar-refractivity contribution in [2.45, 2.75) is 64.8 Å². The van der Waals surface area contributed by atoms with E-state index in [1.807, 2.05) is 0 Å². The molecule has 0 radical (unpaired) electrons. The molecule has 0 aliphatic carbocycles. The van der Waals surface area contributed by atoms with Crippen LogP contribution in [0.3, 0.4) is 0 Å². The van der Waals surface area contributed by atoms with Gasteiger partial charge in [-0.3, -0.25) is 0 Å². The maximum atomic E-state index is 3.46. The molecule has 1 fully saturated rings. The Hall–Kier alpha value is -0.0800. The molecule has 0 bridgehead atoms. The lowest BCUT2D eigenvalue weighted by molar-refractivity contribution is 0.159. The largest absolute Gasteiger partial charge is 0.317 e. The maximum Gasteiger partial charge on any atom is 0.0119 e. The van der Waals surface area contributed by atoms with Crippen LogP contribution in [0.1, 0.15) is 58.8 Å². The Kier molecular flexibility index (Phi) is 7.87. The van der Waals surface area contributed by atoms with Crippen molar-refractivity contribution < 1.29 is 0 Å². The Balaban J connectivity index is 2.22. The summed E-state index contributed by atoms with van der Waals surface area (Å²) in [7, 11) is 0. The molecule has 0 saturated carbocycles. The molecular formula is C14H30N2. The van der Waals surface area contributed by atoms with E-state index in [4.69, 9.17) is 0 Å². The Labute approximate surface area is 102 Å². The van der Waals surface area contributed by atoms with E-state index in [-0.39, 0.29) is 0 Å². The molecule has 1 saturated heterocycles. The lowest BCUT2D eigenvalue weighted by atomic mass is 10.0. The second kappa shape index (κ2) is 9.00. The Morgan fingerprint density at radius 1 is 0.938 bits per heavy atom. The molecule has 0 aromatic rings. The fourth-order valence-electron chi connectivity index (χ4n) is 2.68. The molecule has 16 heavy (non-hydrogen) atoms. The first-order chi connectivity index (χ1) is 7.88. The summed E-state index contributed by atoms with van der Waals surface area (Å²) in [5.41, 5.74) is 0. The summed E-state index contributed by atoms with van der Waals surface area (Å²) < 4.78 is 0. The summed E-state index contributed by atoms with van der Waals surface area (Å²) in [5, 5.41) is 3.46. The zero-order valence-corrected chi connectivity index (χ0v) is 11.3. The second-order valence-electron chi connectivity index (χ2n) is 5.08. The van der Waals surface area contributed by atoms with E-state index in [1.54, 1.807) is 0 Å². The van der Waals surface area contributed by atoms with Gasteiger partial charge in [0, 0.05) is 6.04 Å². The maximum absolute atomic E-state index is 3.46. The fourth-order valence-corrected chi connectivity index (χ4v) is 2.68. The van der Waals surface area contributed by atoms with Crippen LogP contribution in [0.5, 0.6) is 0 Å². The van der Waals surface area contributed by atoms with Crippen molar-refractivity contribution in [3.63, 3.8) is 0 Å². The van der Waals surface area contributed by atoms with Gasteiger partial charge in [0.05, 0.1) is 0 Å². The normalized spacial score (nSPS) is 18.2. The Bertz CT molecular complexity index is 153. The average Bonchev–Trinajstić information content (AvgIpc) is 2.34. The number of piperidine rings is 1. The van der Waals surface area contributed by atoms with Crippen molar-refractivity contribution in [3.05, 3.63) is 0 Å². The minimum absolute atomic E-state index is 0.864. The third kappa shape index (κ3) is 5.31. The van der Waals surface area contributed by atoms with Crippen LogP contribution in [0.25, 0.3) is 0 Å². The van der Waals surface area contributed by atoms with Gasteiger partial charge < -0.3 is 10.2 Å². The second-order valence-corrected chi connectivity index (χ2v) is 5.08. The summed E-state index contributed by atoms with van der Waals surface area (Å²) in [6.45, 7) is 9.67. The average molecular weight is 226 g/mol. The third-order valence-corrected chi connectivity index (χ3v) is 3.63. The highest BCUT2D eigenvalue weighted by molar-refractivity contribution is 4.77. The number of rotatable bonds is 8. The van der Waals surface area contributed by atoms with Crippen molar-refractivity contribution in [1.82, 2.24) is 10.2 Å². The van der Waals surface area contributed by atoms with E-state index in [9.17, 15) is 0 Å².